The molecule has 1 aromatic rings. The number of para-hydroxylation sites is 1. The average molecular weight is 216 g/mol. The molecule has 0 atom stereocenters. The second kappa shape index (κ2) is 3.28. The SMILES string of the molecule is O=C1SCC2=COc3ccccc3C=C12. The minimum absolute atomic E-state index is 0.140. The van der Waals surface area contributed by atoms with Crippen molar-refractivity contribution in [3.05, 3.63) is 47.2 Å². The van der Waals surface area contributed by atoms with Crippen LogP contribution in [0.5, 0.6) is 5.75 Å². The Hall–Kier alpha value is -1.48. The Morgan fingerprint density at radius 2 is 2.13 bits per heavy atom. The Labute approximate surface area is 91.6 Å². The molecule has 0 aromatic heterocycles. The van der Waals surface area contributed by atoms with Crippen molar-refractivity contribution in [1.82, 2.24) is 0 Å². The highest BCUT2D eigenvalue weighted by Gasteiger charge is 2.25. The van der Waals surface area contributed by atoms with Gasteiger partial charge in [0.2, 0.25) is 5.12 Å². The van der Waals surface area contributed by atoms with E-state index in [2.05, 4.69) is 0 Å². The van der Waals surface area contributed by atoms with Gasteiger partial charge in [0.05, 0.1) is 6.26 Å². The molecule has 1 fully saturated rings. The molecule has 3 rings (SSSR count). The van der Waals surface area contributed by atoms with E-state index in [4.69, 9.17) is 4.74 Å². The van der Waals surface area contributed by atoms with Gasteiger partial charge in [-0.1, -0.05) is 30.0 Å². The summed E-state index contributed by atoms with van der Waals surface area (Å²) in [6, 6.07) is 7.72. The van der Waals surface area contributed by atoms with E-state index in [-0.39, 0.29) is 5.12 Å². The van der Waals surface area contributed by atoms with E-state index < -0.39 is 0 Å². The van der Waals surface area contributed by atoms with Crippen LogP contribution in [0, 0.1) is 0 Å². The van der Waals surface area contributed by atoms with Crippen LogP contribution >= 0.6 is 11.8 Å². The number of benzene rings is 1. The first kappa shape index (κ1) is 8.80. The van der Waals surface area contributed by atoms with Crippen LogP contribution in [-0.2, 0) is 4.79 Å². The second-order valence-corrected chi connectivity index (χ2v) is 4.38. The fourth-order valence-electron chi connectivity index (χ4n) is 1.68. The van der Waals surface area contributed by atoms with Crippen LogP contribution in [0.1, 0.15) is 5.56 Å². The molecule has 0 bridgehead atoms. The normalized spacial score (nSPS) is 18.3. The fourth-order valence-corrected chi connectivity index (χ4v) is 2.53. The van der Waals surface area contributed by atoms with Gasteiger partial charge in [-0.05, 0) is 12.1 Å². The molecule has 0 radical (unpaired) electrons. The van der Waals surface area contributed by atoms with Crippen molar-refractivity contribution < 1.29 is 9.53 Å². The lowest BCUT2D eigenvalue weighted by Gasteiger charge is -2.01. The highest BCUT2D eigenvalue weighted by Crippen LogP contribution is 2.36. The van der Waals surface area contributed by atoms with E-state index in [1.807, 2.05) is 30.3 Å². The van der Waals surface area contributed by atoms with Gasteiger partial charge >= 0.3 is 0 Å². The van der Waals surface area contributed by atoms with Crippen LogP contribution in [0.3, 0.4) is 0 Å². The Kier molecular flexibility index (Phi) is 1.92. The third-order valence-corrected chi connectivity index (χ3v) is 3.41. The first-order chi connectivity index (χ1) is 7.34. The van der Waals surface area contributed by atoms with Crippen LogP contribution in [0.25, 0.3) is 6.08 Å². The highest BCUT2D eigenvalue weighted by molar-refractivity contribution is 8.14. The Bertz CT molecular complexity index is 500. The van der Waals surface area contributed by atoms with E-state index in [1.54, 1.807) is 6.26 Å². The van der Waals surface area contributed by atoms with Gasteiger partial charge in [0.15, 0.2) is 0 Å². The summed E-state index contributed by atoms with van der Waals surface area (Å²) in [6.07, 6.45) is 3.60. The van der Waals surface area contributed by atoms with Gasteiger partial charge in [-0.3, -0.25) is 4.79 Å². The quantitative estimate of drug-likeness (QED) is 0.666. The molecule has 0 N–H and O–H groups in total. The number of hydrogen-bond donors (Lipinski definition) is 0. The van der Waals surface area contributed by atoms with Crippen LogP contribution < -0.4 is 4.74 Å². The summed E-state index contributed by atoms with van der Waals surface area (Å²) < 4.78 is 5.53. The maximum atomic E-state index is 11.6. The van der Waals surface area contributed by atoms with Crippen molar-refractivity contribution >= 4 is 23.0 Å². The summed E-state index contributed by atoms with van der Waals surface area (Å²) in [6.45, 7) is 0. The number of thioether (sulfide) groups is 1. The van der Waals surface area contributed by atoms with E-state index in [1.165, 1.54) is 11.8 Å². The van der Waals surface area contributed by atoms with Crippen LogP contribution in [0.2, 0.25) is 0 Å². The summed E-state index contributed by atoms with van der Waals surface area (Å²) in [5, 5.41) is 0.140. The molecule has 2 heterocycles. The van der Waals surface area contributed by atoms with Crippen molar-refractivity contribution in [2.45, 2.75) is 0 Å². The molecule has 74 valence electrons. The molecule has 0 amide bonds. The zero-order valence-corrected chi connectivity index (χ0v) is 8.71. The molecule has 3 heteroatoms. The van der Waals surface area contributed by atoms with Gasteiger partial charge in [0.1, 0.15) is 5.75 Å². The largest absolute Gasteiger partial charge is 0.464 e. The van der Waals surface area contributed by atoms with Crippen molar-refractivity contribution in [1.29, 1.82) is 0 Å². The summed E-state index contributed by atoms with van der Waals surface area (Å²) in [4.78, 5) is 11.6. The molecule has 15 heavy (non-hydrogen) atoms. The molecule has 2 aliphatic heterocycles. The first-order valence-corrected chi connectivity index (χ1v) is 5.67. The lowest BCUT2D eigenvalue weighted by molar-refractivity contribution is -0.107. The number of carbonyl (C=O) groups excluding carboxylic acids is 1. The summed E-state index contributed by atoms with van der Waals surface area (Å²) in [7, 11) is 0. The number of hydrogen-bond acceptors (Lipinski definition) is 3. The topological polar surface area (TPSA) is 26.3 Å². The molecule has 1 saturated heterocycles. The predicted octanol–water partition coefficient (Wildman–Crippen LogP) is 2.62. The lowest BCUT2D eigenvalue weighted by atomic mass is 10.1. The Balaban J connectivity index is 2.18. The van der Waals surface area contributed by atoms with Crippen LogP contribution in [0.4, 0.5) is 0 Å². The van der Waals surface area contributed by atoms with Gasteiger partial charge in [-0.2, -0.15) is 0 Å². The minimum Gasteiger partial charge on any atom is -0.464 e. The number of rotatable bonds is 0. The zero-order chi connectivity index (χ0) is 10.3. The van der Waals surface area contributed by atoms with Gasteiger partial charge in [0, 0.05) is 22.5 Å². The summed E-state index contributed by atoms with van der Waals surface area (Å²) in [5.74, 6) is 1.53. The third kappa shape index (κ3) is 1.39. The number of fused-ring (bicyclic) bond motifs is 2. The van der Waals surface area contributed by atoms with Crippen molar-refractivity contribution in [2.24, 2.45) is 0 Å². The molecular weight excluding hydrogens is 208 g/mol. The summed E-state index contributed by atoms with van der Waals surface area (Å²) in [5.41, 5.74) is 2.74. The standard InChI is InChI=1S/C12H8O2S/c13-12-10-5-8-3-1-2-4-11(8)14-6-9(10)7-15-12/h1-6H,7H2. The smallest absolute Gasteiger partial charge is 0.220 e. The van der Waals surface area contributed by atoms with Gasteiger partial charge < -0.3 is 4.74 Å². The fraction of sp³-hybridized carbons (Fsp3) is 0.0833. The molecule has 1 aromatic carbocycles. The van der Waals surface area contributed by atoms with Gasteiger partial charge in [-0.25, -0.2) is 0 Å². The lowest BCUT2D eigenvalue weighted by Crippen LogP contribution is -1.89. The average Bonchev–Trinajstić information content (AvgIpc) is 2.51. The van der Waals surface area contributed by atoms with E-state index in [0.29, 0.717) is 0 Å². The van der Waals surface area contributed by atoms with E-state index in [0.717, 1.165) is 28.2 Å². The maximum absolute atomic E-state index is 11.6. The number of carbonyl (C=O) groups is 1. The van der Waals surface area contributed by atoms with Crippen molar-refractivity contribution in [2.75, 3.05) is 5.75 Å². The highest BCUT2D eigenvalue weighted by atomic mass is 32.2. The van der Waals surface area contributed by atoms with Crippen LogP contribution in [-0.4, -0.2) is 10.9 Å². The van der Waals surface area contributed by atoms with Crippen LogP contribution in [0.15, 0.2) is 41.7 Å². The first-order valence-electron chi connectivity index (χ1n) is 4.68. The van der Waals surface area contributed by atoms with E-state index >= 15 is 0 Å². The summed E-state index contributed by atoms with van der Waals surface area (Å²) >= 11 is 1.33. The third-order valence-electron chi connectivity index (χ3n) is 2.47. The van der Waals surface area contributed by atoms with E-state index in [9.17, 15) is 4.79 Å². The minimum atomic E-state index is 0.140. The number of ether oxygens (including phenoxy) is 1. The Morgan fingerprint density at radius 3 is 3.07 bits per heavy atom. The molecule has 0 aliphatic carbocycles. The molecule has 0 saturated carbocycles. The van der Waals surface area contributed by atoms with Crippen molar-refractivity contribution in [3.8, 4) is 5.75 Å². The molecule has 2 nitrogen and oxygen atoms in total. The monoisotopic (exact) mass is 216 g/mol. The van der Waals surface area contributed by atoms with Gasteiger partial charge in [0.25, 0.3) is 0 Å². The van der Waals surface area contributed by atoms with Gasteiger partial charge in [-0.15, -0.1) is 0 Å². The second-order valence-electron chi connectivity index (χ2n) is 3.43. The Morgan fingerprint density at radius 1 is 1.27 bits per heavy atom. The molecule has 0 unspecified atom stereocenters. The zero-order valence-electron chi connectivity index (χ0n) is 7.90. The molecule has 2 aliphatic rings. The predicted molar refractivity (Wildman–Crippen MR) is 60.6 cm³/mol. The van der Waals surface area contributed by atoms with Crippen molar-refractivity contribution in [3.63, 3.8) is 0 Å². The maximum Gasteiger partial charge on any atom is 0.220 e. The molecule has 0 spiro atoms. The molecular formula is C12H8O2S.